The molecule has 0 spiro atoms. The van der Waals surface area contributed by atoms with Gasteiger partial charge >= 0.3 is 5.97 Å². The van der Waals surface area contributed by atoms with Gasteiger partial charge in [-0.2, -0.15) is 4.31 Å². The molecule has 9 heteroatoms. The van der Waals surface area contributed by atoms with Gasteiger partial charge in [-0.15, -0.1) is 0 Å². The van der Waals surface area contributed by atoms with E-state index in [0.717, 1.165) is 31.4 Å². The van der Waals surface area contributed by atoms with Crippen LogP contribution in [0, 0.1) is 5.92 Å². The number of sulfonamides is 1. The van der Waals surface area contributed by atoms with E-state index in [1.165, 1.54) is 4.31 Å². The number of amides is 1. The average Bonchev–Trinajstić information content (AvgIpc) is 3.02. The highest BCUT2D eigenvalue weighted by Gasteiger charge is 2.35. The fourth-order valence-corrected chi connectivity index (χ4v) is 4.31. The fraction of sp³-hybridized carbons (Fsp3) is 0.600. The maximum Gasteiger partial charge on any atom is 0.371 e. The Morgan fingerprint density at radius 1 is 1.17 bits per heavy atom. The Morgan fingerprint density at radius 2 is 1.83 bits per heavy atom. The minimum absolute atomic E-state index is 0.00269. The molecule has 0 aromatic carbocycles. The van der Waals surface area contributed by atoms with Crippen LogP contribution >= 0.6 is 0 Å². The minimum Gasteiger partial charge on any atom is -0.475 e. The SMILES string of the molecule is O=C(O)c1ccc(S(=O)(=O)N2CCC(C(=O)NC3CCC3)CC2)o1. The van der Waals surface area contributed by atoms with E-state index >= 15 is 0 Å². The lowest BCUT2D eigenvalue weighted by molar-refractivity contribution is -0.127. The molecule has 2 heterocycles. The smallest absolute Gasteiger partial charge is 0.371 e. The van der Waals surface area contributed by atoms with E-state index in [2.05, 4.69) is 5.32 Å². The van der Waals surface area contributed by atoms with Crippen LogP contribution in [-0.2, 0) is 14.8 Å². The van der Waals surface area contributed by atoms with Crippen LogP contribution in [0.4, 0.5) is 0 Å². The van der Waals surface area contributed by atoms with Crippen molar-refractivity contribution in [3.8, 4) is 0 Å². The number of hydrogen-bond acceptors (Lipinski definition) is 5. The highest BCUT2D eigenvalue weighted by atomic mass is 32.2. The summed E-state index contributed by atoms with van der Waals surface area (Å²) in [6.07, 6.45) is 4.07. The third-order valence-corrected chi connectivity index (χ3v) is 6.44. The van der Waals surface area contributed by atoms with Crippen molar-refractivity contribution in [2.75, 3.05) is 13.1 Å². The number of nitrogens with zero attached hydrogens (tertiary/aromatic N) is 1. The maximum atomic E-state index is 12.5. The molecule has 2 fully saturated rings. The highest BCUT2D eigenvalue weighted by Crippen LogP contribution is 2.26. The molecule has 8 nitrogen and oxygen atoms in total. The highest BCUT2D eigenvalue weighted by molar-refractivity contribution is 7.89. The summed E-state index contributed by atoms with van der Waals surface area (Å²) in [6.45, 7) is 0.433. The second-order valence-corrected chi connectivity index (χ2v) is 8.11. The first kappa shape index (κ1) is 17.0. The van der Waals surface area contributed by atoms with Gasteiger partial charge in [0.1, 0.15) is 0 Å². The van der Waals surface area contributed by atoms with Crippen LogP contribution in [0.3, 0.4) is 0 Å². The molecule has 132 valence electrons. The number of nitrogens with one attached hydrogen (secondary N) is 1. The van der Waals surface area contributed by atoms with Crippen LogP contribution in [0.2, 0.25) is 0 Å². The molecule has 3 rings (SSSR count). The zero-order valence-corrected chi connectivity index (χ0v) is 13.9. The second kappa shape index (κ2) is 6.56. The van der Waals surface area contributed by atoms with Gasteiger partial charge in [-0.3, -0.25) is 4.79 Å². The average molecular weight is 356 g/mol. The third kappa shape index (κ3) is 3.32. The predicted octanol–water partition coefficient (Wildman–Crippen LogP) is 1.05. The molecule has 2 N–H and O–H groups in total. The monoisotopic (exact) mass is 356 g/mol. The van der Waals surface area contributed by atoms with E-state index in [-0.39, 0.29) is 36.0 Å². The molecule has 1 aliphatic carbocycles. The number of piperidine rings is 1. The Bertz CT molecular complexity index is 729. The Morgan fingerprint density at radius 3 is 2.33 bits per heavy atom. The van der Waals surface area contributed by atoms with Gasteiger partial charge in [-0.1, -0.05) is 0 Å². The van der Waals surface area contributed by atoms with E-state index in [1.54, 1.807) is 0 Å². The summed E-state index contributed by atoms with van der Waals surface area (Å²) in [6, 6.07) is 2.54. The van der Waals surface area contributed by atoms with Crippen molar-refractivity contribution in [3.05, 3.63) is 17.9 Å². The first-order valence-corrected chi connectivity index (χ1v) is 9.45. The number of carboxylic acids is 1. The molecule has 1 aliphatic heterocycles. The van der Waals surface area contributed by atoms with Crippen molar-refractivity contribution in [1.82, 2.24) is 9.62 Å². The number of rotatable bonds is 5. The molecule has 24 heavy (non-hydrogen) atoms. The molecule has 0 radical (unpaired) electrons. The lowest BCUT2D eigenvalue weighted by Gasteiger charge is -2.32. The van der Waals surface area contributed by atoms with Gasteiger partial charge < -0.3 is 14.8 Å². The summed E-state index contributed by atoms with van der Waals surface area (Å²) in [5.74, 6) is -1.91. The molecule has 2 aliphatic rings. The largest absolute Gasteiger partial charge is 0.475 e. The second-order valence-electron chi connectivity index (χ2n) is 6.24. The number of carbonyl (C=O) groups excluding carboxylic acids is 1. The summed E-state index contributed by atoms with van der Waals surface area (Å²) >= 11 is 0. The quantitative estimate of drug-likeness (QED) is 0.814. The van der Waals surface area contributed by atoms with E-state index in [1.807, 2.05) is 0 Å². The van der Waals surface area contributed by atoms with Crippen LogP contribution in [-0.4, -0.2) is 48.8 Å². The summed E-state index contributed by atoms with van der Waals surface area (Å²) in [7, 11) is -3.87. The Labute approximate surface area is 139 Å². The summed E-state index contributed by atoms with van der Waals surface area (Å²) in [5.41, 5.74) is 0. The van der Waals surface area contributed by atoms with Crippen LogP contribution in [0.5, 0.6) is 0 Å². The van der Waals surface area contributed by atoms with Crippen LogP contribution in [0.25, 0.3) is 0 Å². The molecular weight excluding hydrogens is 336 g/mol. The molecular formula is C15H20N2O6S. The zero-order chi connectivity index (χ0) is 17.3. The van der Waals surface area contributed by atoms with Gasteiger partial charge in [0, 0.05) is 25.0 Å². The lowest BCUT2D eigenvalue weighted by atomic mass is 9.91. The van der Waals surface area contributed by atoms with Gasteiger partial charge in [0.2, 0.25) is 16.8 Å². The first-order valence-electron chi connectivity index (χ1n) is 8.01. The predicted molar refractivity (Wildman–Crippen MR) is 82.9 cm³/mol. The molecule has 1 aromatic heterocycles. The first-order chi connectivity index (χ1) is 11.4. The van der Waals surface area contributed by atoms with Crippen molar-refractivity contribution < 1.29 is 27.5 Å². The van der Waals surface area contributed by atoms with Gasteiger partial charge in [-0.25, -0.2) is 13.2 Å². The molecule has 0 bridgehead atoms. The molecule has 0 atom stereocenters. The molecule has 1 aromatic rings. The van der Waals surface area contributed by atoms with Crippen LogP contribution < -0.4 is 5.32 Å². The van der Waals surface area contributed by atoms with E-state index in [4.69, 9.17) is 9.52 Å². The summed E-state index contributed by atoms with van der Waals surface area (Å²) in [4.78, 5) is 22.9. The van der Waals surface area contributed by atoms with Gasteiger partial charge in [0.25, 0.3) is 10.0 Å². The Kier molecular flexibility index (Phi) is 4.64. The fourth-order valence-electron chi connectivity index (χ4n) is 2.93. The maximum absolute atomic E-state index is 12.5. The number of aromatic carboxylic acids is 1. The molecule has 1 amide bonds. The van der Waals surface area contributed by atoms with Crippen LogP contribution in [0.15, 0.2) is 21.6 Å². The summed E-state index contributed by atoms with van der Waals surface area (Å²) in [5, 5.41) is 11.4. The Hall–Kier alpha value is -1.87. The molecule has 1 saturated carbocycles. The van der Waals surface area contributed by atoms with Gasteiger partial charge in [0.15, 0.2) is 0 Å². The van der Waals surface area contributed by atoms with Gasteiger partial charge in [-0.05, 0) is 44.2 Å². The van der Waals surface area contributed by atoms with E-state index in [9.17, 15) is 18.0 Å². The minimum atomic E-state index is -3.87. The normalized spacial score (nSPS) is 20.5. The zero-order valence-electron chi connectivity index (χ0n) is 13.1. The third-order valence-electron chi connectivity index (χ3n) is 4.66. The standard InChI is InChI=1S/C15H20N2O6S/c18-14(16-11-2-1-3-11)10-6-8-17(9-7-10)24(21,22)13-5-4-12(23-13)15(19)20/h4-5,10-11H,1-3,6-9H2,(H,16,18)(H,19,20). The summed E-state index contributed by atoms with van der Waals surface area (Å²) < 4.78 is 31.1. The van der Waals surface area contributed by atoms with Crippen molar-refractivity contribution >= 4 is 21.9 Å². The topological polar surface area (TPSA) is 117 Å². The Balaban J connectivity index is 1.60. The van der Waals surface area contributed by atoms with Crippen molar-refractivity contribution in [2.45, 2.75) is 43.2 Å². The van der Waals surface area contributed by atoms with Crippen LogP contribution in [0.1, 0.15) is 42.7 Å². The van der Waals surface area contributed by atoms with E-state index in [0.29, 0.717) is 12.8 Å². The number of carboxylic acid groups (broad SMARTS) is 1. The molecule has 0 unspecified atom stereocenters. The molecule has 1 saturated heterocycles. The number of carbonyl (C=O) groups is 2. The van der Waals surface area contributed by atoms with Crippen molar-refractivity contribution in [2.24, 2.45) is 5.92 Å². The number of furan rings is 1. The van der Waals surface area contributed by atoms with Gasteiger partial charge in [0.05, 0.1) is 0 Å². The number of hydrogen-bond donors (Lipinski definition) is 2. The van der Waals surface area contributed by atoms with E-state index < -0.39 is 21.8 Å². The van der Waals surface area contributed by atoms with Crippen molar-refractivity contribution in [3.63, 3.8) is 0 Å². The lowest BCUT2D eigenvalue weighted by Crippen LogP contribution is -2.46. The van der Waals surface area contributed by atoms with Crippen molar-refractivity contribution in [1.29, 1.82) is 0 Å².